The molecule has 0 unspecified atom stereocenters. The van der Waals surface area contributed by atoms with Crippen molar-refractivity contribution in [1.82, 2.24) is 15.2 Å². The van der Waals surface area contributed by atoms with Crippen LogP contribution in [0.15, 0.2) is 36.5 Å². The lowest BCUT2D eigenvalue weighted by molar-refractivity contribution is -0.114. The van der Waals surface area contributed by atoms with E-state index in [0.717, 1.165) is 26.8 Å². The lowest BCUT2D eigenvalue weighted by Crippen LogP contribution is -2.21. The van der Waals surface area contributed by atoms with Crippen molar-refractivity contribution < 1.29 is 9.53 Å². The van der Waals surface area contributed by atoms with Gasteiger partial charge < -0.3 is 15.4 Å². The van der Waals surface area contributed by atoms with E-state index in [4.69, 9.17) is 16.3 Å². The first kappa shape index (κ1) is 16.6. The summed E-state index contributed by atoms with van der Waals surface area (Å²) >= 11 is 7.41. The van der Waals surface area contributed by atoms with Crippen molar-refractivity contribution in [3.8, 4) is 5.75 Å². The Balaban J connectivity index is 1.45. The van der Waals surface area contributed by atoms with Crippen LogP contribution in [0.5, 0.6) is 5.75 Å². The average molecular weight is 388 g/mol. The van der Waals surface area contributed by atoms with Crippen molar-refractivity contribution in [3.63, 3.8) is 0 Å². The predicted octanol–water partition coefficient (Wildman–Crippen LogP) is 3.89. The van der Waals surface area contributed by atoms with Gasteiger partial charge in [-0.25, -0.2) is 4.98 Å². The van der Waals surface area contributed by atoms with E-state index in [0.29, 0.717) is 15.9 Å². The fourth-order valence-corrected chi connectivity index (χ4v) is 3.76. The molecule has 4 rings (SSSR count). The van der Waals surface area contributed by atoms with E-state index in [2.05, 4.69) is 25.8 Å². The third-order valence-electron chi connectivity index (χ3n) is 3.83. The maximum absolute atomic E-state index is 12.2. The number of hydrogen-bond acceptors (Lipinski definition) is 6. The number of fused-ring (bicyclic) bond motifs is 3. The van der Waals surface area contributed by atoms with Gasteiger partial charge in [0.15, 0.2) is 5.13 Å². The topological polar surface area (TPSA) is 91.9 Å². The maximum atomic E-state index is 12.2. The number of amides is 1. The minimum Gasteiger partial charge on any atom is -0.495 e. The lowest BCUT2D eigenvalue weighted by Gasteiger charge is -2.09. The van der Waals surface area contributed by atoms with Crippen LogP contribution in [0.3, 0.4) is 0 Å². The molecule has 7 nitrogen and oxygen atoms in total. The van der Waals surface area contributed by atoms with E-state index in [1.54, 1.807) is 31.5 Å². The summed E-state index contributed by atoms with van der Waals surface area (Å²) in [6.45, 7) is 0.0990. The molecule has 0 aliphatic heterocycles. The molecule has 2 aromatic heterocycles. The normalized spacial score (nSPS) is 11.0. The Morgan fingerprint density at radius 2 is 2.23 bits per heavy atom. The third kappa shape index (κ3) is 3.16. The van der Waals surface area contributed by atoms with Gasteiger partial charge in [-0.3, -0.25) is 9.89 Å². The molecule has 0 saturated heterocycles. The monoisotopic (exact) mass is 387 g/mol. The Bertz CT molecular complexity index is 1110. The molecule has 4 aromatic rings. The van der Waals surface area contributed by atoms with Gasteiger partial charge in [-0.1, -0.05) is 22.9 Å². The van der Waals surface area contributed by atoms with Crippen LogP contribution >= 0.6 is 22.9 Å². The van der Waals surface area contributed by atoms with Crippen molar-refractivity contribution in [3.05, 3.63) is 41.6 Å². The average Bonchev–Trinajstić information content (AvgIpc) is 3.26. The molecule has 132 valence electrons. The van der Waals surface area contributed by atoms with Crippen LogP contribution in [0.2, 0.25) is 5.02 Å². The number of thiazole rings is 1. The van der Waals surface area contributed by atoms with Crippen LogP contribution in [0.4, 0.5) is 10.8 Å². The summed E-state index contributed by atoms with van der Waals surface area (Å²) in [7, 11) is 1.54. The number of halogens is 1. The quantitative estimate of drug-likeness (QED) is 0.483. The Morgan fingerprint density at radius 3 is 3.08 bits per heavy atom. The number of hydrogen-bond donors (Lipinski definition) is 3. The highest BCUT2D eigenvalue weighted by atomic mass is 35.5. The van der Waals surface area contributed by atoms with E-state index < -0.39 is 0 Å². The van der Waals surface area contributed by atoms with Gasteiger partial charge in [0.2, 0.25) is 5.91 Å². The fraction of sp³-hybridized carbons (Fsp3) is 0.118. The highest BCUT2D eigenvalue weighted by Crippen LogP contribution is 2.32. The fourth-order valence-electron chi connectivity index (χ4n) is 2.57. The number of aromatic amines is 1. The van der Waals surface area contributed by atoms with Gasteiger partial charge in [-0.05, 0) is 24.3 Å². The second-order valence-electron chi connectivity index (χ2n) is 5.52. The molecular formula is C17H14ClN5O2S. The van der Waals surface area contributed by atoms with Crippen LogP contribution in [0, 0.1) is 0 Å². The number of carbonyl (C=O) groups excluding carboxylic acids is 1. The number of methoxy groups -OCH3 is 1. The molecule has 0 aliphatic carbocycles. The standard InChI is InChI=1S/C17H14ClN5O2S/c1-25-14-6-9(2-3-11(14)18)19-8-15(24)22-17-21-13-5-4-12-10(7-20-23-12)16(13)26-17/h2-7,19H,8H2,1H3,(H,20,23)(H,21,22,24). The molecule has 0 fully saturated rings. The van der Waals surface area contributed by atoms with Gasteiger partial charge in [0, 0.05) is 17.1 Å². The highest BCUT2D eigenvalue weighted by molar-refractivity contribution is 7.23. The van der Waals surface area contributed by atoms with Crippen LogP contribution in [0.25, 0.3) is 21.1 Å². The van der Waals surface area contributed by atoms with E-state index >= 15 is 0 Å². The molecule has 2 aromatic carbocycles. The van der Waals surface area contributed by atoms with Gasteiger partial charge in [-0.2, -0.15) is 5.10 Å². The zero-order valence-corrected chi connectivity index (χ0v) is 15.2. The number of carbonyl (C=O) groups is 1. The first-order valence-electron chi connectivity index (χ1n) is 7.74. The molecule has 0 bridgehead atoms. The second-order valence-corrected chi connectivity index (χ2v) is 6.92. The summed E-state index contributed by atoms with van der Waals surface area (Å²) in [4.78, 5) is 16.7. The first-order valence-corrected chi connectivity index (χ1v) is 8.93. The van der Waals surface area contributed by atoms with Crippen molar-refractivity contribution in [1.29, 1.82) is 0 Å². The Morgan fingerprint density at radius 1 is 1.35 bits per heavy atom. The molecule has 9 heteroatoms. The largest absolute Gasteiger partial charge is 0.495 e. The summed E-state index contributed by atoms with van der Waals surface area (Å²) in [5.74, 6) is 0.355. The van der Waals surface area contributed by atoms with E-state index in [-0.39, 0.29) is 12.5 Å². The minimum atomic E-state index is -0.193. The van der Waals surface area contributed by atoms with Gasteiger partial charge in [0.1, 0.15) is 5.75 Å². The number of rotatable bonds is 5. The van der Waals surface area contributed by atoms with Crippen LogP contribution in [-0.2, 0) is 4.79 Å². The summed E-state index contributed by atoms with van der Waals surface area (Å²) in [6.07, 6.45) is 1.76. The molecule has 0 saturated carbocycles. The van der Waals surface area contributed by atoms with E-state index in [9.17, 15) is 4.79 Å². The third-order valence-corrected chi connectivity index (χ3v) is 5.16. The summed E-state index contributed by atoms with van der Waals surface area (Å²) in [6, 6.07) is 9.06. The Labute approximate surface area is 157 Å². The molecule has 0 radical (unpaired) electrons. The maximum Gasteiger partial charge on any atom is 0.245 e. The molecular weight excluding hydrogens is 374 g/mol. The highest BCUT2D eigenvalue weighted by Gasteiger charge is 2.11. The van der Waals surface area contributed by atoms with E-state index in [1.165, 1.54) is 11.3 Å². The second kappa shape index (κ2) is 6.81. The first-order chi connectivity index (χ1) is 12.6. The molecule has 3 N–H and O–H groups in total. The van der Waals surface area contributed by atoms with Gasteiger partial charge >= 0.3 is 0 Å². The van der Waals surface area contributed by atoms with Crippen molar-refractivity contribution in [2.45, 2.75) is 0 Å². The number of nitrogens with zero attached hydrogens (tertiary/aromatic N) is 2. The van der Waals surface area contributed by atoms with Crippen molar-refractivity contribution in [2.24, 2.45) is 0 Å². The molecule has 2 heterocycles. The summed E-state index contributed by atoms with van der Waals surface area (Å²) in [5, 5.41) is 14.9. The number of anilines is 2. The number of H-pyrrole nitrogens is 1. The zero-order chi connectivity index (χ0) is 18.1. The van der Waals surface area contributed by atoms with E-state index in [1.807, 2.05) is 12.1 Å². The Hall–Kier alpha value is -2.84. The van der Waals surface area contributed by atoms with Crippen molar-refractivity contribution in [2.75, 3.05) is 24.3 Å². The van der Waals surface area contributed by atoms with Crippen molar-refractivity contribution >= 4 is 60.8 Å². The molecule has 0 aliphatic rings. The van der Waals surface area contributed by atoms with Gasteiger partial charge in [0.05, 0.1) is 40.6 Å². The molecule has 0 atom stereocenters. The number of benzene rings is 2. The zero-order valence-electron chi connectivity index (χ0n) is 13.7. The molecule has 1 amide bonds. The molecule has 0 spiro atoms. The van der Waals surface area contributed by atoms with Crippen LogP contribution < -0.4 is 15.4 Å². The molecule has 26 heavy (non-hydrogen) atoms. The number of nitrogens with one attached hydrogen (secondary N) is 3. The Kier molecular flexibility index (Phi) is 4.36. The van der Waals surface area contributed by atoms with Gasteiger partial charge in [-0.15, -0.1) is 0 Å². The number of ether oxygens (including phenoxy) is 1. The van der Waals surface area contributed by atoms with Crippen LogP contribution in [-0.4, -0.2) is 34.7 Å². The van der Waals surface area contributed by atoms with Crippen LogP contribution in [0.1, 0.15) is 0 Å². The summed E-state index contributed by atoms with van der Waals surface area (Å²) < 4.78 is 6.15. The SMILES string of the molecule is COc1cc(NCC(=O)Nc2nc3ccc4[nH]ncc4c3s2)ccc1Cl. The van der Waals surface area contributed by atoms with Gasteiger partial charge in [0.25, 0.3) is 0 Å². The smallest absolute Gasteiger partial charge is 0.245 e. The summed E-state index contributed by atoms with van der Waals surface area (Å²) in [5.41, 5.74) is 2.51. The number of aromatic nitrogens is 3. The predicted molar refractivity (Wildman–Crippen MR) is 104 cm³/mol. The lowest BCUT2D eigenvalue weighted by atomic mass is 10.2. The minimum absolute atomic E-state index is 0.0990.